The second-order valence-corrected chi connectivity index (χ2v) is 7.91. The molecule has 36 heavy (non-hydrogen) atoms. The number of pyridine rings is 1. The normalized spacial score (nSPS) is 12.9. The molecule has 0 radical (unpaired) electrons. The highest BCUT2D eigenvalue weighted by molar-refractivity contribution is 5.79. The van der Waals surface area contributed by atoms with Crippen molar-refractivity contribution in [2.24, 2.45) is 11.5 Å². The van der Waals surface area contributed by atoms with Crippen molar-refractivity contribution in [3.8, 4) is 0 Å². The number of nitrogens with zero attached hydrogens (tertiary/aromatic N) is 4. The maximum Gasteiger partial charge on any atom is 0.395 e. The summed E-state index contributed by atoms with van der Waals surface area (Å²) in [5, 5.41) is 12.7. The molecule has 2 aromatic rings. The van der Waals surface area contributed by atoms with Crippen LogP contribution in [0.1, 0.15) is 53.8 Å². The van der Waals surface area contributed by atoms with E-state index in [1.165, 1.54) is 24.4 Å². The Morgan fingerprint density at radius 1 is 1.22 bits per heavy atom. The number of hydrogen-bond donors (Lipinski definition) is 4. The molecule has 0 aliphatic heterocycles. The highest BCUT2D eigenvalue weighted by Gasteiger charge is 2.37. The number of aromatic nitrogens is 4. The molecule has 0 aliphatic carbocycles. The topological polar surface area (TPSA) is 154 Å². The van der Waals surface area contributed by atoms with Crippen LogP contribution < -0.4 is 22.1 Å². The third-order valence-electron chi connectivity index (χ3n) is 4.71. The Morgan fingerprint density at radius 3 is 2.53 bits per heavy atom. The number of carbonyl (C=O) groups excluding carboxylic acids is 2. The van der Waals surface area contributed by atoms with E-state index in [1.54, 1.807) is 17.0 Å². The van der Waals surface area contributed by atoms with E-state index in [9.17, 15) is 22.8 Å². The van der Waals surface area contributed by atoms with E-state index in [0.29, 0.717) is 24.9 Å². The molecule has 0 aromatic carbocycles. The zero-order valence-electron chi connectivity index (χ0n) is 20.5. The Hall–Kier alpha value is -3.74. The van der Waals surface area contributed by atoms with Gasteiger partial charge in [-0.3, -0.25) is 19.3 Å². The van der Waals surface area contributed by atoms with Gasteiger partial charge in [0.2, 0.25) is 5.91 Å². The molecule has 0 bridgehead atoms. The summed E-state index contributed by atoms with van der Waals surface area (Å²) in [7, 11) is 3.75. The van der Waals surface area contributed by atoms with Crippen molar-refractivity contribution >= 4 is 12.2 Å². The smallest absolute Gasteiger partial charge is 0.395 e. The van der Waals surface area contributed by atoms with Crippen LogP contribution in [0.15, 0.2) is 48.2 Å². The molecule has 6 N–H and O–H groups in total. The van der Waals surface area contributed by atoms with Crippen LogP contribution in [0.3, 0.4) is 0 Å². The Kier molecular flexibility index (Phi) is 12.9. The summed E-state index contributed by atoms with van der Waals surface area (Å²) in [6.07, 6.45) is 3.95. The van der Waals surface area contributed by atoms with Gasteiger partial charge in [-0.25, -0.2) is 0 Å². The van der Waals surface area contributed by atoms with Gasteiger partial charge in [-0.15, -0.1) is 5.10 Å². The maximum atomic E-state index is 12.9. The lowest BCUT2D eigenvalue weighted by Gasteiger charge is -2.16. The summed E-state index contributed by atoms with van der Waals surface area (Å²) in [5.74, 6) is -2.13. The first-order valence-electron chi connectivity index (χ1n) is 11.2. The molecule has 0 saturated carbocycles. The Morgan fingerprint density at radius 2 is 1.92 bits per heavy atom. The van der Waals surface area contributed by atoms with E-state index in [2.05, 4.69) is 25.9 Å². The zero-order valence-corrected chi connectivity index (χ0v) is 20.5. The van der Waals surface area contributed by atoms with Gasteiger partial charge >= 0.3 is 6.18 Å². The molecule has 0 saturated heterocycles. The molecule has 1 atom stereocenters. The summed E-state index contributed by atoms with van der Waals surface area (Å²) in [4.78, 5) is 26.7. The molecule has 2 rings (SSSR count). The number of amides is 1. The van der Waals surface area contributed by atoms with Gasteiger partial charge in [0.1, 0.15) is 11.5 Å². The minimum absolute atomic E-state index is 0.0347. The number of halogens is 3. The number of carbonyl (C=O) groups is 2. The second-order valence-electron chi connectivity index (χ2n) is 7.91. The molecule has 13 heteroatoms. The fourth-order valence-electron chi connectivity index (χ4n) is 2.82. The number of hydrogen-bond acceptors (Lipinski definition) is 8. The molecular formula is C23H33F3N8O2. The first-order chi connectivity index (χ1) is 17.0. The molecule has 2 heterocycles. The predicted octanol–water partition coefficient (Wildman–Crippen LogP) is 2.16. The number of rotatable bonds is 11. The van der Waals surface area contributed by atoms with Crippen LogP contribution in [0.25, 0.3) is 0 Å². The van der Waals surface area contributed by atoms with Gasteiger partial charge in [0.25, 0.3) is 0 Å². The van der Waals surface area contributed by atoms with E-state index in [4.69, 9.17) is 11.5 Å². The van der Waals surface area contributed by atoms with Gasteiger partial charge in [-0.1, -0.05) is 5.21 Å². The van der Waals surface area contributed by atoms with Crippen molar-refractivity contribution in [1.82, 2.24) is 30.6 Å². The van der Waals surface area contributed by atoms with E-state index >= 15 is 0 Å². The molecule has 0 spiro atoms. The summed E-state index contributed by atoms with van der Waals surface area (Å²) in [6.45, 7) is 1.65. The number of aryl methyl sites for hydroxylation is 1. The van der Waals surface area contributed by atoms with Gasteiger partial charge in [-0.2, -0.15) is 13.2 Å². The fourth-order valence-corrected chi connectivity index (χ4v) is 2.82. The lowest BCUT2D eigenvalue weighted by atomic mass is 10.0. The number of unbranched alkanes of at least 4 members (excludes halogenated alkanes) is 1. The number of aldehydes is 1. The van der Waals surface area contributed by atoms with Crippen molar-refractivity contribution < 1.29 is 22.8 Å². The maximum absolute atomic E-state index is 12.9. The fraction of sp³-hybridized carbons (Fsp3) is 0.435. The van der Waals surface area contributed by atoms with Gasteiger partial charge in [0.15, 0.2) is 6.29 Å². The van der Waals surface area contributed by atoms with Crippen molar-refractivity contribution in [3.63, 3.8) is 0 Å². The highest BCUT2D eigenvalue weighted by Crippen LogP contribution is 2.34. The van der Waals surface area contributed by atoms with Crippen LogP contribution in [-0.2, 0) is 17.8 Å². The minimum atomic E-state index is -4.38. The van der Waals surface area contributed by atoms with E-state index in [-0.39, 0.29) is 29.2 Å². The molecule has 0 aliphatic rings. The number of nitrogens with one attached hydrogen (secondary N) is 2. The summed E-state index contributed by atoms with van der Waals surface area (Å²) in [5.41, 5.74) is 12.8. The zero-order chi connectivity index (χ0) is 27.1. The summed E-state index contributed by atoms with van der Waals surface area (Å²) < 4.78 is 40.2. The number of alkyl halides is 3. The highest BCUT2D eigenvalue weighted by atomic mass is 19.4. The van der Waals surface area contributed by atoms with E-state index < -0.39 is 18.0 Å². The van der Waals surface area contributed by atoms with E-state index in [0.717, 1.165) is 19.8 Å². The monoisotopic (exact) mass is 510 g/mol. The summed E-state index contributed by atoms with van der Waals surface area (Å²) >= 11 is 0. The van der Waals surface area contributed by atoms with Crippen LogP contribution in [0, 0.1) is 0 Å². The standard InChI is InChI=1S/C21H26F3N7O2.C2H7N/c1-14(21(22,23)24)15-7-8-27-17(10-15)11-20(33)28-19(26)6-5-16(25)4-2-3-9-31-12-18(13-32)29-30-31;1-3-2/h5-8,10,12-14H,2-4,9,11,25-26H2,1H3,(H,28,33);3H,1-2H3/b16-5-,19-6+;. The molecule has 198 valence electrons. The van der Waals surface area contributed by atoms with Crippen molar-refractivity contribution in [3.05, 3.63) is 65.1 Å². The Labute approximate surface area is 208 Å². The van der Waals surface area contributed by atoms with Crippen LogP contribution in [0.2, 0.25) is 0 Å². The quantitative estimate of drug-likeness (QED) is 0.204. The SMILES string of the molecule is CC(c1ccnc(CC(=O)N/C(N)=C/C=C(\N)CCCCn2cc(C=O)nn2)c1)C(F)(F)F.CNC. The van der Waals surface area contributed by atoms with Gasteiger partial charge < -0.3 is 22.1 Å². The average Bonchev–Trinajstić information content (AvgIpc) is 3.28. The molecule has 0 fully saturated rings. The first-order valence-corrected chi connectivity index (χ1v) is 11.2. The van der Waals surface area contributed by atoms with Crippen molar-refractivity contribution in [1.29, 1.82) is 0 Å². The lowest BCUT2D eigenvalue weighted by Crippen LogP contribution is -2.29. The van der Waals surface area contributed by atoms with Gasteiger partial charge in [-0.05, 0) is 70.1 Å². The average molecular weight is 511 g/mol. The Bertz CT molecular complexity index is 1030. The lowest BCUT2D eigenvalue weighted by molar-refractivity contribution is -0.146. The molecule has 10 nitrogen and oxygen atoms in total. The molecular weight excluding hydrogens is 477 g/mol. The van der Waals surface area contributed by atoms with Crippen LogP contribution in [0.5, 0.6) is 0 Å². The Balaban J connectivity index is 0.00000205. The third-order valence-corrected chi connectivity index (χ3v) is 4.71. The summed E-state index contributed by atoms with van der Waals surface area (Å²) in [6, 6.07) is 2.53. The van der Waals surface area contributed by atoms with Crippen LogP contribution >= 0.6 is 0 Å². The third kappa shape index (κ3) is 11.6. The second kappa shape index (κ2) is 15.3. The number of allylic oxidation sites excluding steroid dienone is 3. The number of nitrogens with two attached hydrogens (primary N) is 2. The van der Waals surface area contributed by atoms with Crippen molar-refractivity contribution in [2.45, 2.75) is 51.2 Å². The van der Waals surface area contributed by atoms with Gasteiger partial charge in [0.05, 0.1) is 18.5 Å². The molecule has 1 amide bonds. The van der Waals surface area contributed by atoms with Crippen LogP contribution in [-0.4, -0.2) is 52.4 Å². The van der Waals surface area contributed by atoms with Gasteiger partial charge in [0, 0.05) is 24.1 Å². The first kappa shape index (κ1) is 30.3. The molecule has 2 aromatic heterocycles. The van der Waals surface area contributed by atoms with E-state index in [1.807, 2.05) is 14.1 Å². The molecule has 1 unspecified atom stereocenters. The van der Waals surface area contributed by atoms with Crippen molar-refractivity contribution in [2.75, 3.05) is 14.1 Å². The predicted molar refractivity (Wildman–Crippen MR) is 129 cm³/mol. The largest absolute Gasteiger partial charge is 0.402 e. The minimum Gasteiger partial charge on any atom is -0.402 e. The van der Waals surface area contributed by atoms with Crippen LogP contribution in [0.4, 0.5) is 13.2 Å².